The highest BCUT2D eigenvalue weighted by atomic mass is 79.9. The van der Waals surface area contributed by atoms with Crippen LogP contribution in [0.5, 0.6) is 0 Å². The van der Waals surface area contributed by atoms with E-state index in [-0.39, 0.29) is 0 Å². The molecular weight excluding hydrogens is 306 g/mol. The molecule has 1 heterocycles. The molecular formula is C15H18BrNO2. The summed E-state index contributed by atoms with van der Waals surface area (Å²) >= 11 is 3.63. The zero-order chi connectivity index (χ0) is 13.4. The zero-order valence-electron chi connectivity index (χ0n) is 10.8. The molecule has 1 aromatic heterocycles. The molecule has 19 heavy (non-hydrogen) atoms. The van der Waals surface area contributed by atoms with Crippen LogP contribution in [0, 0.1) is 5.92 Å². The number of carboxylic acid groups (broad SMARTS) is 1. The number of rotatable bonds is 2. The van der Waals surface area contributed by atoms with Crippen molar-refractivity contribution in [2.45, 2.75) is 44.4 Å². The third-order valence-corrected chi connectivity index (χ3v) is 4.96. The predicted octanol–water partition coefficient (Wildman–Crippen LogP) is 2.49. The van der Waals surface area contributed by atoms with Gasteiger partial charge in [-0.3, -0.25) is 4.79 Å². The number of hydrogen-bond donors (Lipinski definition) is 2. The van der Waals surface area contributed by atoms with Gasteiger partial charge in [0.15, 0.2) is 0 Å². The van der Waals surface area contributed by atoms with Crippen molar-refractivity contribution in [1.82, 2.24) is 4.98 Å². The van der Waals surface area contributed by atoms with Crippen molar-refractivity contribution < 1.29 is 9.90 Å². The monoisotopic (exact) mass is 323 g/mol. The standard InChI is InChI=1S/C15H18BrNO2/c16-14-13(9-4-2-1-3-5-9)11-7-6-10(15(18)19)8-12(11)17-14/h7-10,17H,1-6H2,(H,18,19). The van der Waals surface area contributed by atoms with E-state index in [1.54, 1.807) is 0 Å². The van der Waals surface area contributed by atoms with Crippen molar-refractivity contribution in [1.29, 1.82) is 0 Å². The SMILES string of the molecule is O=C(O)C1C=c2[nH]c(Br)c(C3CCCCC3)c2=CC1. The Morgan fingerprint density at radius 3 is 2.74 bits per heavy atom. The number of nitrogens with one attached hydrogen (secondary N) is 1. The Hall–Kier alpha value is -1.03. The minimum Gasteiger partial charge on any atom is -0.481 e. The highest BCUT2D eigenvalue weighted by Gasteiger charge is 2.23. The van der Waals surface area contributed by atoms with Gasteiger partial charge >= 0.3 is 5.97 Å². The predicted molar refractivity (Wildman–Crippen MR) is 78.2 cm³/mol. The molecule has 4 heteroatoms. The third-order valence-electron chi connectivity index (χ3n) is 4.34. The van der Waals surface area contributed by atoms with E-state index in [0.29, 0.717) is 12.3 Å². The first-order chi connectivity index (χ1) is 9.16. The van der Waals surface area contributed by atoms with Gasteiger partial charge in [-0.1, -0.05) is 25.3 Å². The average Bonchev–Trinajstić information content (AvgIpc) is 2.74. The van der Waals surface area contributed by atoms with Gasteiger partial charge < -0.3 is 10.1 Å². The molecule has 1 atom stereocenters. The molecule has 0 bridgehead atoms. The van der Waals surface area contributed by atoms with E-state index >= 15 is 0 Å². The van der Waals surface area contributed by atoms with E-state index in [4.69, 9.17) is 5.11 Å². The molecule has 0 saturated heterocycles. The smallest absolute Gasteiger partial charge is 0.310 e. The second-order valence-corrected chi connectivity index (χ2v) is 6.36. The zero-order valence-corrected chi connectivity index (χ0v) is 12.4. The lowest BCUT2D eigenvalue weighted by Gasteiger charge is -2.21. The maximum absolute atomic E-state index is 11.1. The number of halogens is 1. The number of fused-ring (bicyclic) bond motifs is 1. The molecule has 102 valence electrons. The fraction of sp³-hybridized carbons (Fsp3) is 0.533. The molecule has 0 aromatic carbocycles. The van der Waals surface area contributed by atoms with Crippen molar-refractivity contribution >= 4 is 34.1 Å². The van der Waals surface area contributed by atoms with Crippen molar-refractivity contribution in [3.8, 4) is 0 Å². The van der Waals surface area contributed by atoms with Crippen molar-refractivity contribution in [3.63, 3.8) is 0 Å². The second-order valence-electron chi connectivity index (χ2n) is 5.57. The summed E-state index contributed by atoms with van der Waals surface area (Å²) in [5.41, 5.74) is 1.37. The number of carbonyl (C=O) groups is 1. The van der Waals surface area contributed by atoms with Crippen LogP contribution in [0.25, 0.3) is 12.2 Å². The quantitative estimate of drug-likeness (QED) is 0.878. The van der Waals surface area contributed by atoms with Gasteiger partial charge in [0.2, 0.25) is 0 Å². The van der Waals surface area contributed by atoms with Crippen LogP contribution in [-0.4, -0.2) is 16.1 Å². The van der Waals surface area contributed by atoms with Crippen LogP contribution in [0.15, 0.2) is 4.60 Å². The molecule has 3 nitrogen and oxygen atoms in total. The largest absolute Gasteiger partial charge is 0.481 e. The summed E-state index contributed by atoms with van der Waals surface area (Å²) in [5.74, 6) is -0.516. The number of hydrogen-bond acceptors (Lipinski definition) is 1. The fourth-order valence-corrected chi connectivity index (χ4v) is 4.10. The van der Waals surface area contributed by atoms with Crippen LogP contribution in [0.2, 0.25) is 0 Å². The van der Waals surface area contributed by atoms with Crippen molar-refractivity contribution in [2.24, 2.45) is 5.92 Å². The number of carboxylic acids is 1. The lowest BCUT2D eigenvalue weighted by atomic mass is 9.84. The molecule has 2 aliphatic rings. The van der Waals surface area contributed by atoms with E-state index in [1.807, 2.05) is 6.08 Å². The minimum absolute atomic E-state index is 0.391. The molecule has 2 aliphatic carbocycles. The Kier molecular flexibility index (Phi) is 3.52. The van der Waals surface area contributed by atoms with Crippen LogP contribution in [0.3, 0.4) is 0 Å². The molecule has 0 radical (unpaired) electrons. The van der Waals surface area contributed by atoms with E-state index < -0.39 is 11.9 Å². The Bertz CT molecular complexity index is 611. The Morgan fingerprint density at radius 2 is 2.05 bits per heavy atom. The van der Waals surface area contributed by atoms with Gasteiger partial charge in [-0.2, -0.15) is 0 Å². The van der Waals surface area contributed by atoms with Crippen LogP contribution >= 0.6 is 15.9 Å². The minimum atomic E-state index is -0.744. The lowest BCUT2D eigenvalue weighted by Crippen LogP contribution is -2.32. The lowest BCUT2D eigenvalue weighted by molar-refractivity contribution is -0.139. The summed E-state index contributed by atoms with van der Waals surface area (Å²) < 4.78 is 1.04. The molecule has 1 unspecified atom stereocenters. The molecule has 0 amide bonds. The summed E-state index contributed by atoms with van der Waals surface area (Å²) in [4.78, 5) is 14.4. The average molecular weight is 324 g/mol. The number of aromatic amines is 1. The van der Waals surface area contributed by atoms with E-state index in [2.05, 4.69) is 27.0 Å². The topological polar surface area (TPSA) is 53.1 Å². The van der Waals surface area contributed by atoms with Crippen LogP contribution in [0.4, 0.5) is 0 Å². The molecule has 1 saturated carbocycles. The molecule has 3 rings (SSSR count). The maximum atomic E-state index is 11.1. The molecule has 1 aromatic rings. The summed E-state index contributed by atoms with van der Waals surface area (Å²) in [6, 6.07) is 0. The van der Waals surface area contributed by atoms with Crippen LogP contribution in [-0.2, 0) is 4.79 Å². The fourth-order valence-electron chi connectivity index (χ4n) is 3.34. The van der Waals surface area contributed by atoms with Crippen molar-refractivity contribution in [2.75, 3.05) is 0 Å². The van der Waals surface area contributed by atoms with E-state index in [9.17, 15) is 4.79 Å². The first-order valence-corrected chi connectivity index (χ1v) is 7.78. The second kappa shape index (κ2) is 5.16. The Morgan fingerprint density at radius 1 is 1.32 bits per heavy atom. The number of H-pyrrole nitrogens is 1. The van der Waals surface area contributed by atoms with Gasteiger partial charge in [-0.05, 0) is 58.0 Å². The summed E-state index contributed by atoms with van der Waals surface area (Å²) in [6.45, 7) is 0. The molecule has 1 fully saturated rings. The molecule has 0 spiro atoms. The normalized spacial score (nSPS) is 23.3. The third kappa shape index (κ3) is 2.38. The van der Waals surface area contributed by atoms with Gasteiger partial charge in [-0.15, -0.1) is 0 Å². The number of aromatic nitrogens is 1. The number of aliphatic carboxylic acids is 1. The van der Waals surface area contributed by atoms with Gasteiger partial charge in [-0.25, -0.2) is 0 Å². The first-order valence-electron chi connectivity index (χ1n) is 6.99. The van der Waals surface area contributed by atoms with Crippen LogP contribution < -0.4 is 10.6 Å². The van der Waals surface area contributed by atoms with Gasteiger partial charge in [0.05, 0.1) is 10.5 Å². The maximum Gasteiger partial charge on any atom is 0.310 e. The highest BCUT2D eigenvalue weighted by Crippen LogP contribution is 2.33. The summed E-state index contributed by atoms with van der Waals surface area (Å²) in [7, 11) is 0. The van der Waals surface area contributed by atoms with Gasteiger partial charge in [0.1, 0.15) is 0 Å². The molecule has 2 N–H and O–H groups in total. The van der Waals surface area contributed by atoms with E-state index in [1.165, 1.54) is 42.9 Å². The first kappa shape index (κ1) is 13.0. The highest BCUT2D eigenvalue weighted by molar-refractivity contribution is 9.10. The summed E-state index contributed by atoms with van der Waals surface area (Å²) in [6.07, 6.45) is 11.0. The van der Waals surface area contributed by atoms with Crippen LogP contribution in [0.1, 0.15) is 50.0 Å². The Labute approximate surface area is 120 Å². The van der Waals surface area contributed by atoms with Gasteiger partial charge in [0, 0.05) is 5.35 Å². The Balaban J connectivity index is 2.05. The van der Waals surface area contributed by atoms with Crippen molar-refractivity contribution in [3.05, 3.63) is 20.7 Å². The van der Waals surface area contributed by atoms with E-state index in [0.717, 1.165) is 9.95 Å². The van der Waals surface area contributed by atoms with Gasteiger partial charge in [0.25, 0.3) is 0 Å². The summed E-state index contributed by atoms with van der Waals surface area (Å²) in [5, 5.41) is 11.3. The molecule has 0 aliphatic heterocycles.